The molecular formula is C17H19NO4S. The number of ether oxygens (including phenoxy) is 3. The maximum absolute atomic E-state index is 12.5. The lowest BCUT2D eigenvalue weighted by atomic mass is 10.2. The zero-order valence-electron chi connectivity index (χ0n) is 13.5. The van der Waals surface area contributed by atoms with E-state index < -0.39 is 0 Å². The van der Waals surface area contributed by atoms with Gasteiger partial charge in [0.1, 0.15) is 0 Å². The summed E-state index contributed by atoms with van der Waals surface area (Å²) in [6.45, 7) is 0. The molecule has 6 heteroatoms. The van der Waals surface area contributed by atoms with Crippen molar-refractivity contribution in [1.29, 1.82) is 0 Å². The average Bonchev–Trinajstić information content (AvgIpc) is 2.60. The number of thioether (sulfide) groups is 1. The van der Waals surface area contributed by atoms with Crippen molar-refractivity contribution in [2.75, 3.05) is 32.9 Å². The van der Waals surface area contributed by atoms with E-state index in [0.29, 0.717) is 28.5 Å². The molecule has 5 nitrogen and oxygen atoms in total. The molecule has 0 saturated heterocycles. The summed E-state index contributed by atoms with van der Waals surface area (Å²) in [6, 6.07) is 10.8. The van der Waals surface area contributed by atoms with Crippen molar-refractivity contribution in [2.24, 2.45) is 0 Å². The van der Waals surface area contributed by atoms with Gasteiger partial charge in [0.15, 0.2) is 11.5 Å². The third-order valence-electron chi connectivity index (χ3n) is 3.27. The molecule has 0 heterocycles. The highest BCUT2D eigenvalue weighted by Gasteiger charge is 2.16. The minimum atomic E-state index is -0.191. The number of benzene rings is 2. The van der Waals surface area contributed by atoms with Gasteiger partial charge in [0.25, 0.3) is 5.91 Å². The molecule has 2 aromatic rings. The van der Waals surface area contributed by atoms with E-state index >= 15 is 0 Å². The SMILES string of the molecule is COc1cc(NC(=O)c2ccccc2SC)cc(OC)c1OC. The summed E-state index contributed by atoms with van der Waals surface area (Å²) < 4.78 is 15.9. The average molecular weight is 333 g/mol. The first kappa shape index (κ1) is 17.0. The molecule has 0 aliphatic carbocycles. The van der Waals surface area contributed by atoms with Gasteiger partial charge in [0.2, 0.25) is 5.75 Å². The summed E-state index contributed by atoms with van der Waals surface area (Å²) in [5.74, 6) is 1.27. The molecule has 0 atom stereocenters. The Morgan fingerprint density at radius 2 is 1.61 bits per heavy atom. The second-order valence-corrected chi connectivity index (χ2v) is 5.42. The fraction of sp³-hybridized carbons (Fsp3) is 0.235. The zero-order chi connectivity index (χ0) is 16.8. The van der Waals surface area contributed by atoms with Crippen molar-refractivity contribution < 1.29 is 19.0 Å². The van der Waals surface area contributed by atoms with Gasteiger partial charge in [-0.15, -0.1) is 11.8 Å². The van der Waals surface area contributed by atoms with Crippen LogP contribution >= 0.6 is 11.8 Å². The summed E-state index contributed by atoms with van der Waals surface area (Å²) >= 11 is 1.53. The van der Waals surface area contributed by atoms with Gasteiger partial charge in [-0.05, 0) is 18.4 Å². The largest absolute Gasteiger partial charge is 0.493 e. The van der Waals surface area contributed by atoms with Crippen molar-refractivity contribution in [3.8, 4) is 17.2 Å². The summed E-state index contributed by atoms with van der Waals surface area (Å²) in [7, 11) is 4.60. The lowest BCUT2D eigenvalue weighted by molar-refractivity contribution is 0.102. The van der Waals surface area contributed by atoms with E-state index in [1.807, 2.05) is 24.5 Å². The Balaban J connectivity index is 2.34. The molecule has 23 heavy (non-hydrogen) atoms. The van der Waals surface area contributed by atoms with E-state index in [-0.39, 0.29) is 5.91 Å². The van der Waals surface area contributed by atoms with Crippen LogP contribution in [0.25, 0.3) is 0 Å². The Bertz CT molecular complexity index is 678. The van der Waals surface area contributed by atoms with Gasteiger partial charge < -0.3 is 19.5 Å². The first-order valence-corrected chi connectivity index (χ1v) is 8.11. The summed E-state index contributed by atoms with van der Waals surface area (Å²) in [4.78, 5) is 13.4. The first-order valence-electron chi connectivity index (χ1n) is 6.89. The summed E-state index contributed by atoms with van der Waals surface area (Å²) in [5.41, 5.74) is 1.19. The second kappa shape index (κ2) is 7.78. The highest BCUT2D eigenvalue weighted by molar-refractivity contribution is 7.98. The molecule has 2 rings (SSSR count). The molecule has 1 amide bonds. The van der Waals surface area contributed by atoms with Crippen LogP contribution < -0.4 is 19.5 Å². The maximum Gasteiger partial charge on any atom is 0.256 e. The Labute approximate surface area is 139 Å². The van der Waals surface area contributed by atoms with Crippen LogP contribution in [0.1, 0.15) is 10.4 Å². The van der Waals surface area contributed by atoms with Gasteiger partial charge in [0.05, 0.1) is 26.9 Å². The molecule has 0 unspecified atom stereocenters. The van der Waals surface area contributed by atoms with Crippen molar-refractivity contribution >= 4 is 23.4 Å². The van der Waals surface area contributed by atoms with Crippen molar-refractivity contribution in [3.05, 3.63) is 42.0 Å². The van der Waals surface area contributed by atoms with E-state index in [1.165, 1.54) is 33.1 Å². The van der Waals surface area contributed by atoms with E-state index in [0.717, 1.165) is 4.90 Å². The molecule has 0 aromatic heterocycles. The molecule has 0 aliphatic rings. The van der Waals surface area contributed by atoms with Crippen LogP contribution in [-0.4, -0.2) is 33.5 Å². The third-order valence-corrected chi connectivity index (χ3v) is 4.07. The Hall–Kier alpha value is -2.34. The number of carbonyl (C=O) groups is 1. The highest BCUT2D eigenvalue weighted by Crippen LogP contribution is 2.40. The monoisotopic (exact) mass is 333 g/mol. The summed E-state index contributed by atoms with van der Waals surface area (Å²) in [6.07, 6.45) is 1.94. The number of carbonyl (C=O) groups excluding carboxylic acids is 1. The van der Waals surface area contributed by atoms with Gasteiger partial charge in [0, 0.05) is 22.7 Å². The van der Waals surface area contributed by atoms with Crippen LogP contribution in [0.4, 0.5) is 5.69 Å². The highest BCUT2D eigenvalue weighted by atomic mass is 32.2. The lowest BCUT2D eigenvalue weighted by Crippen LogP contribution is -2.13. The maximum atomic E-state index is 12.5. The molecule has 0 bridgehead atoms. The molecule has 0 spiro atoms. The smallest absolute Gasteiger partial charge is 0.256 e. The number of rotatable bonds is 6. The lowest BCUT2D eigenvalue weighted by Gasteiger charge is -2.15. The standard InChI is InChI=1S/C17H19NO4S/c1-20-13-9-11(10-14(21-2)16(13)22-3)18-17(19)12-7-5-6-8-15(12)23-4/h5-10H,1-4H3,(H,18,19). The molecule has 0 radical (unpaired) electrons. The second-order valence-electron chi connectivity index (χ2n) is 4.57. The topological polar surface area (TPSA) is 56.8 Å². The van der Waals surface area contributed by atoms with Gasteiger partial charge in [-0.25, -0.2) is 0 Å². The fourth-order valence-electron chi connectivity index (χ4n) is 2.18. The van der Waals surface area contributed by atoms with Crippen LogP contribution in [0.5, 0.6) is 17.2 Å². The number of nitrogens with one attached hydrogen (secondary N) is 1. The van der Waals surface area contributed by atoms with E-state index in [9.17, 15) is 4.79 Å². The third kappa shape index (κ3) is 3.71. The van der Waals surface area contributed by atoms with E-state index in [4.69, 9.17) is 14.2 Å². The zero-order valence-corrected chi connectivity index (χ0v) is 14.3. The van der Waals surface area contributed by atoms with Crippen molar-refractivity contribution in [2.45, 2.75) is 4.90 Å². The minimum absolute atomic E-state index is 0.191. The Kier molecular flexibility index (Phi) is 5.76. The van der Waals surface area contributed by atoms with Crippen LogP contribution in [0, 0.1) is 0 Å². The van der Waals surface area contributed by atoms with Gasteiger partial charge in [-0.1, -0.05) is 12.1 Å². The predicted octanol–water partition coefficient (Wildman–Crippen LogP) is 3.69. The van der Waals surface area contributed by atoms with Crippen molar-refractivity contribution in [1.82, 2.24) is 0 Å². The van der Waals surface area contributed by atoms with Crippen molar-refractivity contribution in [3.63, 3.8) is 0 Å². The normalized spacial score (nSPS) is 10.1. The molecule has 0 fully saturated rings. The molecule has 122 valence electrons. The summed E-state index contributed by atoms with van der Waals surface area (Å²) in [5, 5.41) is 2.87. The first-order chi connectivity index (χ1) is 11.1. The van der Waals surface area contributed by atoms with Gasteiger partial charge in [-0.3, -0.25) is 4.79 Å². The van der Waals surface area contributed by atoms with E-state index in [2.05, 4.69) is 5.32 Å². The van der Waals surface area contributed by atoms with Crippen LogP contribution in [-0.2, 0) is 0 Å². The molecule has 1 N–H and O–H groups in total. The van der Waals surface area contributed by atoms with Crippen LogP contribution in [0.2, 0.25) is 0 Å². The number of anilines is 1. The number of hydrogen-bond acceptors (Lipinski definition) is 5. The van der Waals surface area contributed by atoms with Crippen LogP contribution in [0.3, 0.4) is 0 Å². The quantitative estimate of drug-likeness (QED) is 0.817. The van der Waals surface area contributed by atoms with Gasteiger partial charge in [-0.2, -0.15) is 0 Å². The van der Waals surface area contributed by atoms with Gasteiger partial charge >= 0.3 is 0 Å². The fourth-order valence-corrected chi connectivity index (χ4v) is 2.78. The van der Waals surface area contributed by atoms with E-state index in [1.54, 1.807) is 18.2 Å². The number of hydrogen-bond donors (Lipinski definition) is 1. The predicted molar refractivity (Wildman–Crippen MR) is 92.3 cm³/mol. The Morgan fingerprint density at radius 1 is 1.00 bits per heavy atom. The molecular weight excluding hydrogens is 314 g/mol. The number of amides is 1. The minimum Gasteiger partial charge on any atom is -0.493 e. The Morgan fingerprint density at radius 3 is 2.13 bits per heavy atom. The molecule has 2 aromatic carbocycles. The molecule has 0 aliphatic heterocycles. The molecule has 0 saturated carbocycles. The van der Waals surface area contributed by atoms with Crippen LogP contribution in [0.15, 0.2) is 41.3 Å². The number of methoxy groups -OCH3 is 3.